The highest BCUT2D eigenvalue weighted by molar-refractivity contribution is 7.91. The summed E-state index contributed by atoms with van der Waals surface area (Å²) in [6.45, 7) is 2.32. The van der Waals surface area contributed by atoms with E-state index in [4.69, 9.17) is 4.52 Å². The van der Waals surface area contributed by atoms with Gasteiger partial charge in [0.05, 0.1) is 5.92 Å². The van der Waals surface area contributed by atoms with Crippen molar-refractivity contribution in [3.63, 3.8) is 0 Å². The molecule has 1 amide bonds. The van der Waals surface area contributed by atoms with Gasteiger partial charge in [0.2, 0.25) is 17.6 Å². The van der Waals surface area contributed by atoms with Crippen LogP contribution in [0.2, 0.25) is 0 Å². The maximum atomic E-state index is 13.2. The first-order chi connectivity index (χ1) is 14.9. The van der Waals surface area contributed by atoms with Crippen molar-refractivity contribution in [2.75, 3.05) is 18.4 Å². The molecule has 3 aromatic rings. The van der Waals surface area contributed by atoms with Crippen LogP contribution in [0, 0.1) is 11.7 Å². The van der Waals surface area contributed by atoms with E-state index in [0.29, 0.717) is 48.8 Å². The fourth-order valence-corrected chi connectivity index (χ4v) is 6.20. The Bertz CT molecular complexity index is 1170. The molecule has 0 radical (unpaired) electrons. The Balaban J connectivity index is 1.47. The number of sulfonamides is 1. The molecule has 31 heavy (non-hydrogen) atoms. The first-order valence-corrected chi connectivity index (χ1v) is 12.2. The molecule has 0 aliphatic carbocycles. The van der Waals surface area contributed by atoms with Crippen LogP contribution in [0.4, 0.5) is 10.1 Å². The average Bonchev–Trinajstić information content (AvgIpc) is 3.45. The van der Waals surface area contributed by atoms with E-state index in [-0.39, 0.29) is 16.7 Å². The molecule has 0 unspecified atom stereocenters. The summed E-state index contributed by atoms with van der Waals surface area (Å²) in [5.41, 5.74) is 1.05. The lowest BCUT2D eigenvalue weighted by Crippen LogP contribution is -2.43. The van der Waals surface area contributed by atoms with E-state index in [1.165, 1.54) is 34.6 Å². The zero-order chi connectivity index (χ0) is 22.0. The van der Waals surface area contributed by atoms with Crippen LogP contribution in [0.3, 0.4) is 0 Å². The molecule has 1 aromatic carbocycles. The second-order valence-electron chi connectivity index (χ2n) is 7.22. The molecule has 11 heteroatoms. The third-order valence-electron chi connectivity index (χ3n) is 5.06. The minimum Gasteiger partial charge on any atom is -0.339 e. The molecule has 1 saturated heterocycles. The van der Waals surface area contributed by atoms with Gasteiger partial charge in [-0.25, -0.2) is 12.8 Å². The summed E-state index contributed by atoms with van der Waals surface area (Å²) in [6.07, 6.45) is 1.75. The summed E-state index contributed by atoms with van der Waals surface area (Å²) in [7, 11) is -3.76. The SMILES string of the molecule is CCc1nc(-c2csc(S(=O)(=O)N3CCC[C@@H](C(=O)Nc4ccc(F)cc4)C3)c2)no1. The zero-order valence-corrected chi connectivity index (χ0v) is 18.4. The normalized spacial score (nSPS) is 17.5. The van der Waals surface area contributed by atoms with E-state index in [2.05, 4.69) is 15.5 Å². The predicted molar refractivity (Wildman–Crippen MR) is 114 cm³/mol. The molecule has 1 fully saturated rings. The highest BCUT2D eigenvalue weighted by Crippen LogP contribution is 2.31. The number of carbonyl (C=O) groups is 1. The van der Waals surface area contributed by atoms with Crippen LogP contribution in [0.5, 0.6) is 0 Å². The number of aryl methyl sites for hydroxylation is 1. The molecule has 1 atom stereocenters. The van der Waals surface area contributed by atoms with Crippen LogP contribution in [-0.2, 0) is 21.2 Å². The number of hydrogen-bond donors (Lipinski definition) is 1. The van der Waals surface area contributed by atoms with E-state index in [1.807, 2.05) is 6.92 Å². The van der Waals surface area contributed by atoms with Gasteiger partial charge in [0.25, 0.3) is 10.0 Å². The Labute approximate surface area is 183 Å². The third-order valence-corrected chi connectivity index (χ3v) is 8.35. The Morgan fingerprint density at radius 1 is 1.35 bits per heavy atom. The molecule has 1 N–H and O–H groups in total. The number of halogens is 1. The maximum Gasteiger partial charge on any atom is 0.252 e. The van der Waals surface area contributed by atoms with Crippen LogP contribution < -0.4 is 5.32 Å². The Kier molecular flexibility index (Phi) is 6.17. The van der Waals surface area contributed by atoms with Gasteiger partial charge in [-0.1, -0.05) is 12.1 Å². The lowest BCUT2D eigenvalue weighted by Gasteiger charge is -2.30. The molecule has 2 aromatic heterocycles. The standard InChI is InChI=1S/C20H21FN4O4S2/c1-2-17-23-19(24-29-17)14-10-18(30-12-14)31(27,28)25-9-3-4-13(11-25)20(26)22-16-7-5-15(21)6-8-16/h5-8,10,12-13H,2-4,9,11H2,1H3,(H,22,26)/t13-/m1/s1. The van der Waals surface area contributed by atoms with Gasteiger partial charge >= 0.3 is 0 Å². The lowest BCUT2D eigenvalue weighted by atomic mass is 9.99. The summed E-state index contributed by atoms with van der Waals surface area (Å²) in [5, 5.41) is 8.29. The highest BCUT2D eigenvalue weighted by Gasteiger charge is 2.34. The molecule has 0 saturated carbocycles. The number of aromatic nitrogens is 2. The second kappa shape index (κ2) is 8.85. The highest BCUT2D eigenvalue weighted by atomic mass is 32.2. The van der Waals surface area contributed by atoms with Gasteiger partial charge < -0.3 is 9.84 Å². The number of rotatable bonds is 6. The van der Waals surface area contributed by atoms with Crippen molar-refractivity contribution < 1.29 is 22.1 Å². The van der Waals surface area contributed by atoms with E-state index < -0.39 is 21.8 Å². The van der Waals surface area contributed by atoms with Crippen molar-refractivity contribution in [1.82, 2.24) is 14.4 Å². The van der Waals surface area contributed by atoms with Crippen molar-refractivity contribution in [3.8, 4) is 11.4 Å². The molecular weight excluding hydrogens is 443 g/mol. The maximum absolute atomic E-state index is 13.2. The average molecular weight is 465 g/mol. The van der Waals surface area contributed by atoms with Crippen molar-refractivity contribution in [1.29, 1.82) is 0 Å². The van der Waals surface area contributed by atoms with Crippen molar-refractivity contribution in [3.05, 3.63) is 47.4 Å². The predicted octanol–water partition coefficient (Wildman–Crippen LogP) is 3.54. The van der Waals surface area contributed by atoms with Gasteiger partial charge in [-0.15, -0.1) is 11.3 Å². The van der Waals surface area contributed by atoms with Gasteiger partial charge in [-0.3, -0.25) is 4.79 Å². The Hall–Kier alpha value is -2.63. The smallest absolute Gasteiger partial charge is 0.252 e. The van der Waals surface area contributed by atoms with Gasteiger partial charge in [0.15, 0.2) is 0 Å². The van der Waals surface area contributed by atoms with E-state index in [1.54, 1.807) is 5.38 Å². The summed E-state index contributed by atoms with van der Waals surface area (Å²) >= 11 is 1.09. The van der Waals surface area contributed by atoms with Crippen molar-refractivity contribution in [2.45, 2.75) is 30.4 Å². The number of carbonyl (C=O) groups excluding carboxylic acids is 1. The van der Waals surface area contributed by atoms with Crippen LogP contribution in [-0.4, -0.2) is 41.9 Å². The molecular formula is C20H21FN4O4S2. The fraction of sp³-hybridized carbons (Fsp3) is 0.350. The summed E-state index contributed by atoms with van der Waals surface area (Å²) in [5.74, 6) is -0.328. The first kappa shape index (κ1) is 21.6. The minimum absolute atomic E-state index is 0.0881. The fourth-order valence-electron chi connectivity index (χ4n) is 3.36. The lowest BCUT2D eigenvalue weighted by molar-refractivity contribution is -0.120. The van der Waals surface area contributed by atoms with Crippen LogP contribution in [0.25, 0.3) is 11.4 Å². The molecule has 164 valence electrons. The van der Waals surface area contributed by atoms with Crippen LogP contribution >= 0.6 is 11.3 Å². The monoisotopic (exact) mass is 464 g/mol. The number of nitrogens with one attached hydrogen (secondary N) is 1. The summed E-state index contributed by atoms with van der Waals surface area (Å²) in [6, 6.07) is 7.00. The molecule has 1 aliphatic heterocycles. The zero-order valence-electron chi connectivity index (χ0n) is 16.7. The molecule has 3 heterocycles. The van der Waals surface area contributed by atoms with Crippen LogP contribution in [0.15, 0.2) is 44.4 Å². The quantitative estimate of drug-likeness (QED) is 0.598. The second-order valence-corrected chi connectivity index (χ2v) is 10.3. The third kappa shape index (κ3) is 4.68. The largest absolute Gasteiger partial charge is 0.339 e. The molecule has 8 nitrogen and oxygen atoms in total. The van der Waals surface area contributed by atoms with E-state index in [9.17, 15) is 17.6 Å². The summed E-state index contributed by atoms with van der Waals surface area (Å²) in [4.78, 5) is 16.9. The molecule has 1 aliphatic rings. The van der Waals surface area contributed by atoms with Crippen molar-refractivity contribution >= 4 is 33.0 Å². The number of anilines is 1. The number of hydrogen-bond acceptors (Lipinski definition) is 7. The Morgan fingerprint density at radius 3 is 2.84 bits per heavy atom. The van der Waals surface area contributed by atoms with Gasteiger partial charge in [-0.2, -0.15) is 9.29 Å². The number of amides is 1. The Morgan fingerprint density at radius 2 is 2.13 bits per heavy atom. The molecule has 0 bridgehead atoms. The molecule has 0 spiro atoms. The van der Waals surface area contributed by atoms with E-state index >= 15 is 0 Å². The van der Waals surface area contributed by atoms with Gasteiger partial charge in [0, 0.05) is 36.1 Å². The first-order valence-electron chi connectivity index (χ1n) is 9.85. The minimum atomic E-state index is -3.76. The van der Waals surface area contributed by atoms with Crippen molar-refractivity contribution in [2.24, 2.45) is 5.92 Å². The summed E-state index contributed by atoms with van der Waals surface area (Å²) < 4.78 is 46.0. The van der Waals surface area contributed by atoms with Crippen LogP contribution in [0.1, 0.15) is 25.7 Å². The number of piperidine rings is 1. The topological polar surface area (TPSA) is 105 Å². The molecule has 4 rings (SSSR count). The van der Waals surface area contributed by atoms with E-state index in [0.717, 1.165) is 11.3 Å². The van der Waals surface area contributed by atoms with Gasteiger partial charge in [0.1, 0.15) is 10.0 Å². The van der Waals surface area contributed by atoms with Gasteiger partial charge in [-0.05, 0) is 43.2 Å². The number of benzene rings is 1. The number of thiophene rings is 1. The number of nitrogens with zero attached hydrogens (tertiary/aromatic N) is 3.